The molecule has 0 aliphatic heterocycles. The van der Waals surface area contributed by atoms with Crippen LogP contribution < -0.4 is 15.8 Å². The third kappa shape index (κ3) is 3.06. The van der Waals surface area contributed by atoms with Crippen LogP contribution in [0.5, 0.6) is 0 Å². The van der Waals surface area contributed by atoms with E-state index in [9.17, 15) is 13.2 Å². The molecule has 108 valence electrons. The van der Waals surface area contributed by atoms with Gasteiger partial charge in [-0.15, -0.1) is 11.3 Å². The summed E-state index contributed by atoms with van der Waals surface area (Å²) in [6.07, 6.45) is 3.24. The number of carbonyl (C=O) groups excluding carboxylic acids is 1. The maximum absolute atomic E-state index is 12.0. The van der Waals surface area contributed by atoms with Crippen LogP contribution in [0.3, 0.4) is 0 Å². The standard InChI is InChI=1S/C11H14N4O3S2/c1-13-20(17,18)5-4-15-11(16)10-9(12)7-2-3-14-6-8(7)19-10/h2-3,6,13H,4-5,12H2,1H3,(H,15,16). The van der Waals surface area contributed by atoms with E-state index in [0.29, 0.717) is 10.6 Å². The minimum absolute atomic E-state index is 0.0218. The number of nitrogens with one attached hydrogen (secondary N) is 2. The van der Waals surface area contributed by atoms with Gasteiger partial charge < -0.3 is 11.1 Å². The fourth-order valence-electron chi connectivity index (χ4n) is 1.62. The zero-order chi connectivity index (χ0) is 14.8. The van der Waals surface area contributed by atoms with E-state index in [2.05, 4.69) is 15.0 Å². The Morgan fingerprint density at radius 1 is 1.50 bits per heavy atom. The highest BCUT2D eigenvalue weighted by atomic mass is 32.2. The van der Waals surface area contributed by atoms with Crippen LogP contribution in [0.25, 0.3) is 10.1 Å². The number of carbonyl (C=O) groups is 1. The first-order valence-corrected chi connectivity index (χ1v) is 8.23. The van der Waals surface area contributed by atoms with E-state index in [-0.39, 0.29) is 18.2 Å². The Morgan fingerprint density at radius 3 is 2.90 bits per heavy atom. The summed E-state index contributed by atoms with van der Waals surface area (Å²) in [7, 11) is -2.01. The van der Waals surface area contributed by atoms with E-state index >= 15 is 0 Å². The SMILES string of the molecule is CNS(=O)(=O)CCNC(=O)c1sc2cnccc2c1N. The second-order valence-corrected chi connectivity index (χ2v) is 7.09. The fourth-order valence-corrected chi connectivity index (χ4v) is 3.20. The molecule has 2 aromatic heterocycles. The first-order chi connectivity index (χ1) is 9.44. The molecule has 0 aromatic carbocycles. The van der Waals surface area contributed by atoms with Gasteiger partial charge in [-0.3, -0.25) is 9.78 Å². The number of fused-ring (bicyclic) bond motifs is 1. The van der Waals surface area contributed by atoms with Crippen molar-refractivity contribution in [2.24, 2.45) is 0 Å². The molecule has 2 aromatic rings. The Labute approximate surface area is 120 Å². The van der Waals surface area contributed by atoms with Crippen molar-refractivity contribution in [1.82, 2.24) is 15.0 Å². The van der Waals surface area contributed by atoms with E-state index in [0.717, 1.165) is 10.1 Å². The highest BCUT2D eigenvalue weighted by Crippen LogP contribution is 2.32. The van der Waals surface area contributed by atoms with Crippen molar-refractivity contribution in [1.29, 1.82) is 0 Å². The molecule has 0 radical (unpaired) electrons. The van der Waals surface area contributed by atoms with Gasteiger partial charge in [-0.25, -0.2) is 13.1 Å². The van der Waals surface area contributed by atoms with Crippen LogP contribution >= 0.6 is 11.3 Å². The number of hydrogen-bond donors (Lipinski definition) is 3. The van der Waals surface area contributed by atoms with Crippen LogP contribution in [-0.2, 0) is 10.0 Å². The van der Waals surface area contributed by atoms with Crippen LogP contribution in [0.15, 0.2) is 18.5 Å². The molecule has 0 spiro atoms. The number of hydrogen-bond acceptors (Lipinski definition) is 6. The van der Waals surface area contributed by atoms with Crippen molar-refractivity contribution in [2.45, 2.75) is 0 Å². The lowest BCUT2D eigenvalue weighted by Gasteiger charge is -2.04. The normalized spacial score (nSPS) is 11.7. The minimum atomic E-state index is -3.33. The predicted molar refractivity (Wildman–Crippen MR) is 79.2 cm³/mol. The summed E-state index contributed by atoms with van der Waals surface area (Å²) in [6, 6.07) is 1.74. The van der Waals surface area contributed by atoms with E-state index < -0.39 is 10.0 Å². The molecule has 0 fully saturated rings. The van der Waals surface area contributed by atoms with E-state index in [4.69, 9.17) is 5.73 Å². The van der Waals surface area contributed by atoms with Crippen LogP contribution in [-0.4, -0.2) is 38.7 Å². The smallest absolute Gasteiger partial charge is 0.263 e. The number of amides is 1. The molecule has 20 heavy (non-hydrogen) atoms. The molecule has 2 heterocycles. The summed E-state index contributed by atoms with van der Waals surface area (Å²) in [6.45, 7) is 0.0218. The number of nitrogens with zero attached hydrogens (tertiary/aromatic N) is 1. The number of rotatable bonds is 5. The van der Waals surface area contributed by atoms with Crippen LogP contribution in [0.4, 0.5) is 5.69 Å². The lowest BCUT2D eigenvalue weighted by Crippen LogP contribution is -2.32. The molecule has 0 unspecified atom stereocenters. The number of pyridine rings is 1. The molecule has 0 aliphatic rings. The Hall–Kier alpha value is -1.71. The van der Waals surface area contributed by atoms with Crippen molar-refractivity contribution < 1.29 is 13.2 Å². The van der Waals surface area contributed by atoms with Crippen molar-refractivity contribution in [2.75, 3.05) is 25.1 Å². The largest absolute Gasteiger partial charge is 0.397 e. The molecular weight excluding hydrogens is 300 g/mol. The zero-order valence-corrected chi connectivity index (χ0v) is 12.3. The van der Waals surface area contributed by atoms with Gasteiger partial charge in [-0.05, 0) is 13.1 Å². The van der Waals surface area contributed by atoms with Gasteiger partial charge in [0, 0.05) is 24.3 Å². The lowest BCUT2D eigenvalue weighted by molar-refractivity contribution is 0.0961. The van der Waals surface area contributed by atoms with Gasteiger partial charge in [-0.1, -0.05) is 0 Å². The number of aromatic nitrogens is 1. The Kier molecular flexibility index (Phi) is 4.21. The number of sulfonamides is 1. The molecule has 4 N–H and O–H groups in total. The molecule has 0 aliphatic carbocycles. The molecule has 7 nitrogen and oxygen atoms in total. The van der Waals surface area contributed by atoms with E-state index in [1.54, 1.807) is 18.5 Å². The van der Waals surface area contributed by atoms with E-state index in [1.807, 2.05) is 0 Å². The zero-order valence-electron chi connectivity index (χ0n) is 10.7. The number of thiophene rings is 1. The Morgan fingerprint density at radius 2 is 2.25 bits per heavy atom. The summed E-state index contributed by atoms with van der Waals surface area (Å²) in [5.41, 5.74) is 6.30. The maximum atomic E-state index is 12.0. The third-order valence-electron chi connectivity index (χ3n) is 2.70. The molecule has 0 saturated heterocycles. The van der Waals surface area contributed by atoms with Gasteiger partial charge in [0.25, 0.3) is 5.91 Å². The van der Waals surface area contributed by atoms with Crippen molar-refractivity contribution >= 4 is 43.0 Å². The first kappa shape index (κ1) is 14.7. The van der Waals surface area contributed by atoms with Gasteiger partial charge in [0.05, 0.1) is 16.1 Å². The Bertz CT molecular complexity index is 739. The lowest BCUT2D eigenvalue weighted by atomic mass is 10.2. The average Bonchev–Trinajstić information content (AvgIpc) is 2.76. The van der Waals surface area contributed by atoms with Crippen LogP contribution in [0.2, 0.25) is 0 Å². The summed E-state index contributed by atoms with van der Waals surface area (Å²) < 4.78 is 25.5. The monoisotopic (exact) mass is 314 g/mol. The summed E-state index contributed by atoms with van der Waals surface area (Å²) in [5.74, 6) is -0.559. The molecule has 9 heteroatoms. The van der Waals surface area contributed by atoms with Crippen molar-refractivity contribution in [3.8, 4) is 0 Å². The molecule has 0 bridgehead atoms. The van der Waals surface area contributed by atoms with E-state index in [1.165, 1.54) is 18.4 Å². The van der Waals surface area contributed by atoms with Gasteiger partial charge in [0.15, 0.2) is 0 Å². The van der Waals surface area contributed by atoms with Gasteiger partial charge in [0.2, 0.25) is 10.0 Å². The predicted octanol–water partition coefficient (Wildman–Crippen LogP) is 0.157. The van der Waals surface area contributed by atoms with Gasteiger partial charge >= 0.3 is 0 Å². The summed E-state index contributed by atoms with van der Waals surface area (Å²) in [4.78, 5) is 16.3. The third-order valence-corrected chi connectivity index (χ3v) is 5.22. The van der Waals surface area contributed by atoms with Crippen LogP contribution in [0.1, 0.15) is 9.67 Å². The maximum Gasteiger partial charge on any atom is 0.263 e. The van der Waals surface area contributed by atoms with Crippen LogP contribution in [0, 0.1) is 0 Å². The fraction of sp³-hybridized carbons (Fsp3) is 0.273. The molecule has 0 saturated carbocycles. The van der Waals surface area contributed by atoms with Crippen molar-refractivity contribution in [3.05, 3.63) is 23.3 Å². The second-order valence-electron chi connectivity index (χ2n) is 4.00. The van der Waals surface area contributed by atoms with Crippen molar-refractivity contribution in [3.63, 3.8) is 0 Å². The number of nitrogen functional groups attached to an aromatic ring is 1. The summed E-state index contributed by atoms with van der Waals surface area (Å²) >= 11 is 1.23. The average molecular weight is 314 g/mol. The quantitative estimate of drug-likeness (QED) is 0.727. The molecule has 0 atom stereocenters. The number of nitrogens with two attached hydrogens (primary N) is 1. The first-order valence-electron chi connectivity index (χ1n) is 5.76. The summed E-state index contributed by atoms with van der Waals surface area (Å²) in [5, 5.41) is 3.32. The van der Waals surface area contributed by atoms with Gasteiger partial charge in [0.1, 0.15) is 4.88 Å². The molecule has 1 amide bonds. The Balaban J connectivity index is 2.10. The highest BCUT2D eigenvalue weighted by Gasteiger charge is 2.16. The minimum Gasteiger partial charge on any atom is -0.397 e. The molecule has 2 rings (SSSR count). The molecular formula is C11H14N4O3S2. The second kappa shape index (κ2) is 5.73. The van der Waals surface area contributed by atoms with Gasteiger partial charge in [-0.2, -0.15) is 0 Å². The highest BCUT2D eigenvalue weighted by molar-refractivity contribution is 7.89. The topological polar surface area (TPSA) is 114 Å². The number of anilines is 1.